The third-order valence-electron chi connectivity index (χ3n) is 5.49. The molecule has 3 rings (SSSR count). The van der Waals surface area contributed by atoms with Gasteiger partial charge in [-0.2, -0.15) is 5.10 Å². The molecule has 1 aromatic carbocycles. The zero-order valence-electron chi connectivity index (χ0n) is 18.2. The summed E-state index contributed by atoms with van der Waals surface area (Å²) in [4.78, 5) is 18.6. The van der Waals surface area contributed by atoms with Crippen molar-refractivity contribution in [3.8, 4) is 5.69 Å². The fourth-order valence-electron chi connectivity index (χ4n) is 3.84. The molecule has 164 valence electrons. The summed E-state index contributed by atoms with van der Waals surface area (Å²) in [6.07, 6.45) is 1.59. The Bertz CT molecular complexity index is 858. The average Bonchev–Trinajstić information content (AvgIpc) is 3.03. The van der Waals surface area contributed by atoms with Crippen LogP contribution in [0, 0.1) is 19.8 Å². The van der Waals surface area contributed by atoms with Gasteiger partial charge in [0.05, 0.1) is 23.9 Å². The van der Waals surface area contributed by atoms with Crippen LogP contribution >= 0.6 is 24.0 Å². The first kappa shape index (κ1) is 24.2. The molecule has 8 heteroatoms. The highest BCUT2D eigenvalue weighted by Crippen LogP contribution is 2.20. The number of hydrogen-bond donors (Lipinski definition) is 1. The van der Waals surface area contributed by atoms with Gasteiger partial charge < -0.3 is 15.0 Å². The van der Waals surface area contributed by atoms with Crippen LogP contribution in [0.2, 0.25) is 0 Å². The molecule has 1 aliphatic rings. The van der Waals surface area contributed by atoms with Crippen LogP contribution in [0.25, 0.3) is 5.69 Å². The van der Waals surface area contributed by atoms with Gasteiger partial charge in [0.1, 0.15) is 0 Å². The second kappa shape index (κ2) is 11.3. The van der Waals surface area contributed by atoms with Crippen molar-refractivity contribution in [3.63, 3.8) is 0 Å². The third kappa shape index (κ3) is 5.53. The molecule has 1 fully saturated rings. The van der Waals surface area contributed by atoms with E-state index in [0.717, 1.165) is 49.0 Å². The number of para-hydroxylation sites is 1. The number of guanidine groups is 1. The zero-order chi connectivity index (χ0) is 20.8. The molecule has 0 radical (unpaired) electrons. The molecule has 0 spiro atoms. The molecular weight excluding hydrogens is 493 g/mol. The fraction of sp³-hybridized carbons (Fsp3) is 0.500. The summed E-state index contributed by atoms with van der Waals surface area (Å²) < 4.78 is 7.15. The van der Waals surface area contributed by atoms with E-state index >= 15 is 0 Å². The molecule has 0 unspecified atom stereocenters. The van der Waals surface area contributed by atoms with Gasteiger partial charge in [-0.25, -0.2) is 4.68 Å². The van der Waals surface area contributed by atoms with Gasteiger partial charge in [0.15, 0.2) is 5.96 Å². The monoisotopic (exact) mass is 525 g/mol. The Kier molecular flexibility index (Phi) is 9.13. The molecular formula is C22H32IN5O2. The highest BCUT2D eigenvalue weighted by atomic mass is 127. The fourth-order valence-corrected chi connectivity index (χ4v) is 3.84. The van der Waals surface area contributed by atoms with E-state index in [-0.39, 0.29) is 35.9 Å². The van der Waals surface area contributed by atoms with Gasteiger partial charge in [0.25, 0.3) is 0 Å². The predicted molar refractivity (Wildman–Crippen MR) is 130 cm³/mol. The Balaban J connectivity index is 0.00000320. The van der Waals surface area contributed by atoms with E-state index in [1.165, 1.54) is 5.56 Å². The Morgan fingerprint density at radius 3 is 2.50 bits per heavy atom. The number of nitrogens with one attached hydrogen (secondary N) is 1. The molecule has 0 aliphatic carbocycles. The number of ether oxygens (including phenoxy) is 1. The van der Waals surface area contributed by atoms with E-state index in [1.54, 1.807) is 7.05 Å². The number of likely N-dealkylation sites (tertiary alicyclic amines) is 1. The van der Waals surface area contributed by atoms with Gasteiger partial charge in [-0.05, 0) is 45.7 Å². The largest absolute Gasteiger partial charge is 0.466 e. The summed E-state index contributed by atoms with van der Waals surface area (Å²) in [5.41, 5.74) is 4.37. The van der Waals surface area contributed by atoms with Crippen molar-refractivity contribution in [3.05, 3.63) is 47.3 Å². The van der Waals surface area contributed by atoms with Gasteiger partial charge >= 0.3 is 5.97 Å². The topological polar surface area (TPSA) is 71.8 Å². The number of carbonyl (C=O) groups excluding carboxylic acids is 1. The first-order valence-electron chi connectivity index (χ1n) is 10.3. The number of halogens is 1. The normalized spacial score (nSPS) is 14.9. The van der Waals surface area contributed by atoms with Crippen LogP contribution in [-0.4, -0.2) is 53.4 Å². The minimum atomic E-state index is -0.0744. The van der Waals surface area contributed by atoms with Crippen LogP contribution in [0.15, 0.2) is 35.3 Å². The molecule has 1 saturated heterocycles. The lowest BCUT2D eigenvalue weighted by Gasteiger charge is -2.33. The van der Waals surface area contributed by atoms with Gasteiger partial charge in [0.2, 0.25) is 0 Å². The Morgan fingerprint density at radius 1 is 1.23 bits per heavy atom. The molecule has 0 atom stereocenters. The Morgan fingerprint density at radius 2 is 1.90 bits per heavy atom. The molecule has 1 aliphatic heterocycles. The molecule has 1 aromatic heterocycles. The van der Waals surface area contributed by atoms with Crippen LogP contribution in [0.4, 0.5) is 0 Å². The zero-order valence-corrected chi connectivity index (χ0v) is 20.6. The molecule has 7 nitrogen and oxygen atoms in total. The molecule has 0 amide bonds. The van der Waals surface area contributed by atoms with Gasteiger partial charge in [-0.3, -0.25) is 9.79 Å². The lowest BCUT2D eigenvalue weighted by atomic mass is 9.97. The molecule has 0 saturated carbocycles. The molecule has 2 aromatic rings. The minimum absolute atomic E-state index is 0. The van der Waals surface area contributed by atoms with Crippen LogP contribution in [0.1, 0.15) is 36.7 Å². The second-order valence-electron chi connectivity index (χ2n) is 7.31. The quantitative estimate of drug-likeness (QED) is 0.280. The summed E-state index contributed by atoms with van der Waals surface area (Å²) >= 11 is 0. The molecule has 0 bridgehead atoms. The predicted octanol–water partition coefficient (Wildman–Crippen LogP) is 3.46. The average molecular weight is 525 g/mol. The summed E-state index contributed by atoms with van der Waals surface area (Å²) in [5.74, 6) is 0.783. The maximum absolute atomic E-state index is 12.0. The number of esters is 1. The SMILES string of the molecule is CCOC(=O)C1CCN(C(=NC)NCc2c(C)nn(-c3ccccc3)c2C)CC1.I. The number of aromatic nitrogens is 2. The van der Waals surface area contributed by atoms with E-state index in [2.05, 4.69) is 34.3 Å². The summed E-state index contributed by atoms with van der Waals surface area (Å²) in [6.45, 7) is 8.68. The smallest absolute Gasteiger partial charge is 0.309 e. The number of piperidine rings is 1. The lowest BCUT2D eigenvalue weighted by molar-refractivity contribution is -0.149. The van der Waals surface area contributed by atoms with Crippen molar-refractivity contribution in [1.29, 1.82) is 0 Å². The van der Waals surface area contributed by atoms with Crippen LogP contribution in [-0.2, 0) is 16.1 Å². The Hall–Kier alpha value is -2.10. The Labute approximate surface area is 195 Å². The highest BCUT2D eigenvalue weighted by Gasteiger charge is 2.27. The summed E-state index contributed by atoms with van der Waals surface area (Å²) in [7, 11) is 1.80. The van der Waals surface area contributed by atoms with Crippen LogP contribution < -0.4 is 5.32 Å². The first-order valence-corrected chi connectivity index (χ1v) is 10.3. The number of rotatable bonds is 5. The lowest BCUT2D eigenvalue weighted by Crippen LogP contribution is -2.46. The second-order valence-corrected chi connectivity index (χ2v) is 7.31. The number of carbonyl (C=O) groups is 1. The number of hydrogen-bond acceptors (Lipinski definition) is 4. The van der Waals surface area contributed by atoms with E-state index in [1.807, 2.05) is 36.7 Å². The molecule has 2 heterocycles. The molecule has 1 N–H and O–H groups in total. The number of aryl methyl sites for hydroxylation is 1. The number of aliphatic imine (C=N–C) groups is 1. The van der Waals surface area contributed by atoms with Crippen molar-refractivity contribution < 1.29 is 9.53 Å². The van der Waals surface area contributed by atoms with Gasteiger partial charge in [-0.1, -0.05) is 18.2 Å². The third-order valence-corrected chi connectivity index (χ3v) is 5.49. The van der Waals surface area contributed by atoms with Crippen molar-refractivity contribution in [2.24, 2.45) is 10.9 Å². The number of nitrogens with zero attached hydrogens (tertiary/aromatic N) is 4. The number of benzene rings is 1. The van der Waals surface area contributed by atoms with Gasteiger partial charge in [-0.15, -0.1) is 24.0 Å². The standard InChI is InChI=1S/C22H31N5O2.HI/c1-5-29-21(28)18-11-13-26(14-12-18)22(23-4)24-15-20-16(2)25-27(17(20)3)19-9-7-6-8-10-19;/h6-10,18H,5,11-15H2,1-4H3,(H,23,24);1H. The van der Waals surface area contributed by atoms with Crippen LogP contribution in [0.5, 0.6) is 0 Å². The van der Waals surface area contributed by atoms with E-state index in [4.69, 9.17) is 9.84 Å². The maximum Gasteiger partial charge on any atom is 0.309 e. The summed E-state index contributed by atoms with van der Waals surface area (Å²) in [6, 6.07) is 10.2. The molecule has 30 heavy (non-hydrogen) atoms. The van der Waals surface area contributed by atoms with E-state index in [0.29, 0.717) is 13.2 Å². The van der Waals surface area contributed by atoms with E-state index < -0.39 is 0 Å². The maximum atomic E-state index is 12.0. The first-order chi connectivity index (χ1) is 14.0. The highest BCUT2D eigenvalue weighted by molar-refractivity contribution is 14.0. The minimum Gasteiger partial charge on any atom is -0.466 e. The van der Waals surface area contributed by atoms with Crippen molar-refractivity contribution in [2.45, 2.75) is 40.2 Å². The van der Waals surface area contributed by atoms with E-state index in [9.17, 15) is 4.79 Å². The van der Waals surface area contributed by atoms with Crippen molar-refractivity contribution in [1.82, 2.24) is 20.0 Å². The van der Waals surface area contributed by atoms with Crippen molar-refractivity contribution >= 4 is 35.9 Å². The van der Waals surface area contributed by atoms with Crippen LogP contribution in [0.3, 0.4) is 0 Å². The van der Waals surface area contributed by atoms with Crippen molar-refractivity contribution in [2.75, 3.05) is 26.7 Å². The van der Waals surface area contributed by atoms with Gasteiger partial charge in [0, 0.05) is 37.9 Å². The summed E-state index contributed by atoms with van der Waals surface area (Å²) in [5, 5.41) is 8.19.